The molecule has 0 saturated carbocycles. The maximum Gasteiger partial charge on any atom is 0.0619 e. The Hall–Kier alpha value is -17.8. The van der Waals surface area contributed by atoms with Crippen LogP contribution in [0.3, 0.4) is 0 Å². The van der Waals surface area contributed by atoms with Gasteiger partial charge in [-0.25, -0.2) is 0 Å². The summed E-state index contributed by atoms with van der Waals surface area (Å²) < 4.78 is 7.29. The van der Waals surface area contributed by atoms with E-state index in [1.807, 2.05) is 0 Å². The minimum atomic E-state index is 1.17. The summed E-state index contributed by atoms with van der Waals surface area (Å²) in [6.45, 7) is 4.45. The fourth-order valence-corrected chi connectivity index (χ4v) is 22.7. The van der Waals surface area contributed by atoms with E-state index in [-0.39, 0.29) is 0 Å². The third kappa shape index (κ3) is 13.3. The molecule has 0 spiro atoms. The highest BCUT2D eigenvalue weighted by atomic mass is 15.0. The standard InChI is InChI=1S/C48H31N.2C43H29N/c1-3-15-33(16-4-1)46-40-23-10-7-19-36(40)37-20-8-11-24-41(37)47(46)34-29-27-32(28-30-34)43-31-44-39-22-13-14-26-45(39)49(35-17-5-2-6-18-35)48(44)42-25-12-9-21-38(42)43;1-28-32-15-5-6-16-33(32)34-17-7-9-20-37(34)42(28)30-25-23-29(24-26-30)39-27-40-36-19-11-12-22-41(36)44(31-13-3-2-4-14-31)43(40)38-21-10-8-18-35(38)39;1-28-19-24-42-40(25-28)41-27-39(36-17-9-10-18-37(36)43(41)44(42)32-12-3-2-4-13-32)30-22-20-29(21-23-30)38-26-31-11-5-6-14-33(31)34-15-7-8-16-35(34)38/h1-31H;2*2-27H,1H3. The normalized spacial score (nSPS) is 11.7. The number of hydrogen-bond donors (Lipinski definition) is 0. The summed E-state index contributed by atoms with van der Waals surface area (Å²) in [5.41, 5.74) is 31.1. The molecule has 0 N–H and O–H groups in total. The second-order valence-corrected chi connectivity index (χ2v) is 36.4. The first-order valence-electron chi connectivity index (χ1n) is 47.5. The molecule has 0 aliphatic heterocycles. The quantitative estimate of drug-likeness (QED) is 0.121. The lowest BCUT2D eigenvalue weighted by molar-refractivity contribution is 1.18. The molecule has 137 heavy (non-hydrogen) atoms. The summed E-state index contributed by atoms with van der Waals surface area (Å²) in [5, 5.41) is 30.7. The van der Waals surface area contributed by atoms with E-state index < -0.39 is 0 Å². The fourth-order valence-electron chi connectivity index (χ4n) is 22.7. The third-order valence-electron chi connectivity index (χ3n) is 28.7. The van der Waals surface area contributed by atoms with E-state index in [9.17, 15) is 0 Å². The van der Waals surface area contributed by atoms with Gasteiger partial charge in [-0.1, -0.05) is 424 Å². The summed E-state index contributed by atoms with van der Waals surface area (Å²) in [6.07, 6.45) is 0. The van der Waals surface area contributed by atoms with Crippen molar-refractivity contribution in [3.05, 3.63) is 515 Å². The Labute approximate surface area is 793 Å². The second-order valence-electron chi connectivity index (χ2n) is 36.4. The van der Waals surface area contributed by atoms with Crippen LogP contribution in [0.2, 0.25) is 0 Å². The van der Waals surface area contributed by atoms with Crippen molar-refractivity contribution in [2.24, 2.45) is 0 Å². The number of fused-ring (bicyclic) bond motifs is 24. The van der Waals surface area contributed by atoms with Crippen molar-refractivity contribution in [1.82, 2.24) is 13.7 Å². The molecule has 0 aliphatic rings. The van der Waals surface area contributed by atoms with Crippen LogP contribution in [0.15, 0.2) is 504 Å². The minimum absolute atomic E-state index is 1.17. The van der Waals surface area contributed by atoms with Crippen molar-refractivity contribution in [2.75, 3.05) is 0 Å². The first-order chi connectivity index (χ1) is 67.9. The van der Waals surface area contributed by atoms with Gasteiger partial charge in [-0.05, 0) is 263 Å². The largest absolute Gasteiger partial charge is 0.309 e. The van der Waals surface area contributed by atoms with Crippen LogP contribution in [-0.4, -0.2) is 13.7 Å². The molecule has 0 fully saturated rings. The van der Waals surface area contributed by atoms with E-state index in [0.717, 1.165) is 0 Å². The van der Waals surface area contributed by atoms with Crippen molar-refractivity contribution in [1.29, 1.82) is 0 Å². The average molecular weight is 1740 g/mol. The summed E-state index contributed by atoms with van der Waals surface area (Å²) in [7, 11) is 0. The third-order valence-corrected chi connectivity index (χ3v) is 28.7. The number of rotatable bonds is 10. The highest BCUT2D eigenvalue weighted by Crippen LogP contribution is 2.51. The van der Waals surface area contributed by atoms with Crippen LogP contribution < -0.4 is 0 Å². The molecule has 3 aromatic heterocycles. The van der Waals surface area contributed by atoms with Gasteiger partial charge in [0, 0.05) is 65.5 Å². The van der Waals surface area contributed by atoms with E-state index in [1.165, 1.54) is 268 Å². The molecule has 0 radical (unpaired) electrons. The molecule has 28 aromatic rings. The fraction of sp³-hybridized carbons (Fsp3) is 0.0149. The number of hydrogen-bond acceptors (Lipinski definition) is 0. The lowest BCUT2D eigenvalue weighted by Crippen LogP contribution is -1.94. The van der Waals surface area contributed by atoms with Gasteiger partial charge in [0.2, 0.25) is 0 Å². The number of nitrogens with zero attached hydrogens (tertiary/aromatic N) is 3. The lowest BCUT2D eigenvalue weighted by Gasteiger charge is -2.19. The summed E-state index contributed by atoms with van der Waals surface area (Å²) >= 11 is 0. The molecule has 0 atom stereocenters. The predicted molar refractivity (Wildman–Crippen MR) is 587 cm³/mol. The van der Waals surface area contributed by atoms with Gasteiger partial charge >= 0.3 is 0 Å². The van der Waals surface area contributed by atoms with Crippen molar-refractivity contribution in [3.63, 3.8) is 0 Å². The maximum absolute atomic E-state index is 2.43. The van der Waals surface area contributed by atoms with Crippen molar-refractivity contribution < 1.29 is 0 Å². The Balaban J connectivity index is 0.000000107. The Bertz CT molecular complexity index is 9690. The zero-order chi connectivity index (χ0) is 90.7. The molecule has 0 saturated heterocycles. The zero-order valence-corrected chi connectivity index (χ0v) is 75.8. The van der Waals surface area contributed by atoms with Crippen LogP contribution in [0.4, 0.5) is 0 Å². The van der Waals surface area contributed by atoms with Gasteiger partial charge in [-0.15, -0.1) is 0 Å². The topological polar surface area (TPSA) is 14.8 Å². The molecular weight excluding hydrogens is 1650 g/mol. The average Bonchev–Trinajstić information content (AvgIpc) is 1.50. The van der Waals surface area contributed by atoms with E-state index in [4.69, 9.17) is 0 Å². The second kappa shape index (κ2) is 33.2. The van der Waals surface area contributed by atoms with Gasteiger partial charge in [0.1, 0.15) is 0 Å². The Morgan fingerprint density at radius 1 is 0.139 bits per heavy atom. The minimum Gasteiger partial charge on any atom is -0.309 e. The van der Waals surface area contributed by atoms with Crippen LogP contribution in [0.25, 0.3) is 257 Å². The molecule has 25 aromatic carbocycles. The molecule has 3 heterocycles. The molecule has 0 bridgehead atoms. The van der Waals surface area contributed by atoms with Crippen LogP contribution in [0, 0.1) is 13.8 Å². The molecule has 3 nitrogen and oxygen atoms in total. The van der Waals surface area contributed by atoms with Gasteiger partial charge in [0.25, 0.3) is 0 Å². The van der Waals surface area contributed by atoms with Crippen LogP contribution in [0.5, 0.6) is 0 Å². The van der Waals surface area contributed by atoms with Crippen molar-refractivity contribution in [2.45, 2.75) is 13.8 Å². The van der Waals surface area contributed by atoms with Gasteiger partial charge in [0.15, 0.2) is 0 Å². The summed E-state index contributed by atoms with van der Waals surface area (Å²) in [5.74, 6) is 0. The van der Waals surface area contributed by atoms with Gasteiger partial charge in [-0.3, -0.25) is 0 Å². The molecule has 0 aliphatic carbocycles. The molecule has 28 rings (SSSR count). The highest BCUT2D eigenvalue weighted by Gasteiger charge is 2.26. The smallest absolute Gasteiger partial charge is 0.0619 e. The van der Waals surface area contributed by atoms with Crippen LogP contribution in [0.1, 0.15) is 11.1 Å². The van der Waals surface area contributed by atoms with E-state index in [2.05, 4.69) is 531 Å². The Morgan fingerprint density at radius 3 is 0.781 bits per heavy atom. The van der Waals surface area contributed by atoms with Gasteiger partial charge < -0.3 is 13.7 Å². The first kappa shape index (κ1) is 80.1. The summed E-state index contributed by atoms with van der Waals surface area (Å²) in [4.78, 5) is 0. The van der Waals surface area contributed by atoms with E-state index in [1.54, 1.807) is 0 Å². The maximum atomic E-state index is 2.43. The van der Waals surface area contributed by atoms with Gasteiger partial charge in [-0.2, -0.15) is 0 Å². The van der Waals surface area contributed by atoms with E-state index >= 15 is 0 Å². The zero-order valence-electron chi connectivity index (χ0n) is 75.8. The predicted octanol–water partition coefficient (Wildman–Crippen LogP) is 37.0. The lowest BCUT2D eigenvalue weighted by atomic mass is 9.84. The van der Waals surface area contributed by atoms with Crippen LogP contribution in [-0.2, 0) is 0 Å². The van der Waals surface area contributed by atoms with Crippen LogP contribution >= 0.6 is 0 Å². The van der Waals surface area contributed by atoms with Gasteiger partial charge in [0.05, 0.1) is 33.1 Å². The summed E-state index contributed by atoms with van der Waals surface area (Å²) in [6, 6.07) is 184. The number of aryl methyl sites for hydroxylation is 2. The molecule has 0 amide bonds. The molecule has 0 unspecified atom stereocenters. The first-order valence-corrected chi connectivity index (χ1v) is 47.5. The molecule has 3 heteroatoms. The number of aromatic nitrogens is 3. The van der Waals surface area contributed by atoms with Crippen molar-refractivity contribution >= 4 is 162 Å². The van der Waals surface area contributed by atoms with Crippen molar-refractivity contribution in [3.8, 4) is 95.0 Å². The molecule has 640 valence electrons. The van der Waals surface area contributed by atoms with E-state index in [0.29, 0.717) is 0 Å². The Kier molecular flexibility index (Phi) is 19.4. The number of benzene rings is 25. The highest BCUT2D eigenvalue weighted by molar-refractivity contribution is 6.27. The Morgan fingerprint density at radius 2 is 0.387 bits per heavy atom. The SMILES string of the molecule is Cc1c(-c2ccc(-c3cc4c5ccccc5n(-c5ccccc5)c4c4ccccc34)cc2)c2ccccc2c2ccccc12.Cc1ccc2c(c1)c1cc(-c3ccc(-c4cc5ccccc5c5ccccc45)cc3)c3ccccc3c1n2-c1ccccc1.c1ccc(-c2c(-c3ccc(-c4cc5c6ccccc6n(-c6ccccc6)c5c5ccccc45)cc3)c3ccccc3c3ccccc23)cc1. The number of para-hydroxylation sites is 5. The molecular formula is C134H89N3. The monoisotopic (exact) mass is 1740 g/mol.